The molecule has 0 bridgehead atoms. The van der Waals surface area contributed by atoms with Gasteiger partial charge >= 0.3 is 0 Å². The first-order valence-electron chi connectivity index (χ1n) is 8.73. The van der Waals surface area contributed by atoms with E-state index in [2.05, 4.69) is 11.9 Å². The lowest BCUT2D eigenvalue weighted by Crippen LogP contribution is -2.53. The van der Waals surface area contributed by atoms with E-state index in [9.17, 15) is 9.59 Å². The summed E-state index contributed by atoms with van der Waals surface area (Å²) in [5.74, 6) is 1.65. The van der Waals surface area contributed by atoms with Gasteiger partial charge in [0.2, 0.25) is 5.91 Å². The predicted molar refractivity (Wildman–Crippen MR) is 108 cm³/mol. The van der Waals surface area contributed by atoms with E-state index in [1.807, 2.05) is 23.1 Å². The summed E-state index contributed by atoms with van der Waals surface area (Å²) in [6.45, 7) is 2.70. The van der Waals surface area contributed by atoms with Gasteiger partial charge in [-0.15, -0.1) is 11.8 Å². The molecule has 3 aliphatic heterocycles. The maximum Gasteiger partial charge on any atom is 0.252 e. The monoisotopic (exact) mass is 409 g/mol. The molecular weight excluding hydrogens is 390 g/mol. The van der Waals surface area contributed by atoms with Gasteiger partial charge in [-0.3, -0.25) is 14.5 Å². The number of carbonyl (C=O) groups is 2. The Balaban J connectivity index is 1.62. The number of benzene rings is 1. The number of para-hydroxylation sites is 1. The number of fused-ring (bicyclic) bond motifs is 1. The van der Waals surface area contributed by atoms with Crippen LogP contribution >= 0.6 is 35.1 Å². The van der Waals surface area contributed by atoms with Gasteiger partial charge in [0.15, 0.2) is 5.17 Å². The maximum atomic E-state index is 13.3. The highest BCUT2D eigenvalue weighted by molar-refractivity contribution is 8.13. The van der Waals surface area contributed by atoms with Gasteiger partial charge in [-0.05, 0) is 31.9 Å². The number of amides is 2. The molecule has 8 heteroatoms. The quantitative estimate of drug-likeness (QED) is 0.746. The minimum absolute atomic E-state index is 0.0190. The molecule has 3 heterocycles. The van der Waals surface area contributed by atoms with Crippen molar-refractivity contribution >= 4 is 57.8 Å². The van der Waals surface area contributed by atoms with Crippen LogP contribution in [0.1, 0.15) is 26.2 Å². The number of rotatable bonds is 2. The van der Waals surface area contributed by atoms with Gasteiger partial charge < -0.3 is 4.90 Å². The van der Waals surface area contributed by atoms with E-state index in [4.69, 9.17) is 11.6 Å². The number of hydrogen-bond acceptors (Lipinski definition) is 5. The first-order chi connectivity index (χ1) is 12.5. The van der Waals surface area contributed by atoms with Crippen molar-refractivity contribution in [2.24, 2.45) is 4.99 Å². The van der Waals surface area contributed by atoms with Crippen molar-refractivity contribution in [1.82, 2.24) is 9.80 Å². The van der Waals surface area contributed by atoms with E-state index >= 15 is 0 Å². The molecule has 5 nitrogen and oxygen atoms in total. The molecule has 0 saturated carbocycles. The van der Waals surface area contributed by atoms with Crippen LogP contribution in [0.3, 0.4) is 0 Å². The van der Waals surface area contributed by atoms with Crippen LogP contribution in [0, 0.1) is 0 Å². The van der Waals surface area contributed by atoms with Crippen molar-refractivity contribution in [1.29, 1.82) is 0 Å². The highest BCUT2D eigenvalue weighted by Crippen LogP contribution is 2.47. The van der Waals surface area contributed by atoms with Crippen molar-refractivity contribution in [3.8, 4) is 0 Å². The normalized spacial score (nSPS) is 30.2. The zero-order chi connectivity index (χ0) is 18.3. The Kier molecular flexibility index (Phi) is 4.96. The highest BCUT2D eigenvalue weighted by atomic mass is 35.5. The number of hydrogen-bond donors (Lipinski definition) is 0. The summed E-state index contributed by atoms with van der Waals surface area (Å²) in [6, 6.07) is 6.99. The van der Waals surface area contributed by atoms with E-state index in [0.717, 1.165) is 18.6 Å². The number of thioether (sulfide) groups is 2. The largest absolute Gasteiger partial charge is 0.315 e. The molecular formula is C18H20ClN3O2S2. The first kappa shape index (κ1) is 18.2. The minimum atomic E-state index is -0.393. The van der Waals surface area contributed by atoms with Gasteiger partial charge in [0.05, 0.1) is 15.6 Å². The third-order valence-corrected chi connectivity index (χ3v) is 7.94. The lowest BCUT2D eigenvalue weighted by atomic mass is 10.2. The smallest absolute Gasteiger partial charge is 0.252 e. The molecule has 138 valence electrons. The third-order valence-electron chi connectivity index (χ3n) is 5.05. The van der Waals surface area contributed by atoms with Crippen LogP contribution < -0.4 is 0 Å². The molecule has 0 radical (unpaired) electrons. The summed E-state index contributed by atoms with van der Waals surface area (Å²) in [4.78, 5) is 33.7. The lowest BCUT2D eigenvalue weighted by Gasteiger charge is -2.34. The van der Waals surface area contributed by atoms with Crippen LogP contribution in [0.5, 0.6) is 0 Å². The van der Waals surface area contributed by atoms with E-state index in [1.165, 1.54) is 0 Å². The summed E-state index contributed by atoms with van der Waals surface area (Å²) in [5, 5.41) is 1.25. The second kappa shape index (κ2) is 7.09. The molecule has 3 fully saturated rings. The molecule has 3 saturated heterocycles. The van der Waals surface area contributed by atoms with Crippen LogP contribution in [0.4, 0.5) is 5.69 Å². The Morgan fingerprint density at radius 1 is 1.38 bits per heavy atom. The zero-order valence-electron chi connectivity index (χ0n) is 14.5. The molecule has 1 aromatic rings. The fraction of sp³-hybridized carbons (Fsp3) is 0.500. The van der Waals surface area contributed by atoms with Gasteiger partial charge in [0.1, 0.15) is 6.04 Å². The average molecular weight is 410 g/mol. The second-order valence-corrected chi connectivity index (χ2v) is 9.77. The van der Waals surface area contributed by atoms with Gasteiger partial charge in [-0.1, -0.05) is 35.5 Å². The molecule has 0 aliphatic carbocycles. The fourth-order valence-electron chi connectivity index (χ4n) is 3.69. The highest BCUT2D eigenvalue weighted by Gasteiger charge is 2.54. The predicted octanol–water partition coefficient (Wildman–Crippen LogP) is 3.75. The second-order valence-electron chi connectivity index (χ2n) is 6.80. The van der Waals surface area contributed by atoms with Gasteiger partial charge in [0, 0.05) is 24.5 Å². The summed E-state index contributed by atoms with van der Waals surface area (Å²) in [5.41, 5.74) is 0.666. The number of amidine groups is 1. The van der Waals surface area contributed by atoms with Gasteiger partial charge in [-0.25, -0.2) is 4.99 Å². The van der Waals surface area contributed by atoms with Crippen molar-refractivity contribution in [2.45, 2.75) is 37.1 Å². The van der Waals surface area contributed by atoms with Crippen molar-refractivity contribution in [3.05, 3.63) is 29.3 Å². The molecule has 3 aliphatic rings. The van der Waals surface area contributed by atoms with Crippen LogP contribution in [-0.2, 0) is 9.59 Å². The van der Waals surface area contributed by atoms with Gasteiger partial charge in [0.25, 0.3) is 5.91 Å². The van der Waals surface area contributed by atoms with Crippen LogP contribution in [-0.4, -0.2) is 55.7 Å². The fourth-order valence-corrected chi connectivity index (χ4v) is 6.24. The topological polar surface area (TPSA) is 53.0 Å². The van der Waals surface area contributed by atoms with E-state index in [-0.39, 0.29) is 16.7 Å². The Morgan fingerprint density at radius 2 is 2.19 bits per heavy atom. The van der Waals surface area contributed by atoms with Crippen LogP contribution in [0.25, 0.3) is 0 Å². The standard InChI is InChI=1S/C18H20ClN3O2S2/c1-18-8-7-15(23)22(18)14(11-26-18)16(24)21-9-4-10-25-17(21)20-13-6-3-2-5-12(13)19/h2-3,5-6,14H,4,7-11H2,1H3/t14-,18-/m1/s1. The number of halogens is 1. The average Bonchev–Trinajstić information content (AvgIpc) is 3.13. The molecule has 0 unspecified atom stereocenters. The molecule has 2 amide bonds. The summed E-state index contributed by atoms with van der Waals surface area (Å²) in [7, 11) is 0. The molecule has 26 heavy (non-hydrogen) atoms. The lowest BCUT2D eigenvalue weighted by molar-refractivity contribution is -0.141. The van der Waals surface area contributed by atoms with Crippen molar-refractivity contribution in [3.63, 3.8) is 0 Å². The first-order valence-corrected chi connectivity index (χ1v) is 11.1. The molecule has 2 atom stereocenters. The Hall–Kier alpha value is -1.18. The molecule has 0 aromatic heterocycles. The number of nitrogens with zero attached hydrogens (tertiary/aromatic N) is 3. The SMILES string of the molecule is C[C@@]12CCC(=O)N1[C@@H](C(=O)N1CCCSC1=Nc1ccccc1Cl)CS2. The van der Waals surface area contributed by atoms with Crippen LogP contribution in [0.2, 0.25) is 5.02 Å². The number of aliphatic imine (C=N–C) groups is 1. The Bertz CT molecular complexity index is 787. The maximum absolute atomic E-state index is 13.3. The van der Waals surface area contributed by atoms with E-state index < -0.39 is 6.04 Å². The van der Waals surface area contributed by atoms with E-state index in [0.29, 0.717) is 34.6 Å². The number of carbonyl (C=O) groups excluding carboxylic acids is 2. The van der Waals surface area contributed by atoms with Crippen molar-refractivity contribution < 1.29 is 9.59 Å². The Morgan fingerprint density at radius 3 is 3.00 bits per heavy atom. The molecule has 0 N–H and O–H groups in total. The van der Waals surface area contributed by atoms with Gasteiger partial charge in [-0.2, -0.15) is 0 Å². The minimum Gasteiger partial charge on any atom is -0.315 e. The Labute approximate surface area is 166 Å². The summed E-state index contributed by atoms with van der Waals surface area (Å²) < 4.78 is 0. The van der Waals surface area contributed by atoms with E-state index in [1.54, 1.807) is 34.5 Å². The summed E-state index contributed by atoms with van der Waals surface area (Å²) in [6.07, 6.45) is 2.27. The summed E-state index contributed by atoms with van der Waals surface area (Å²) >= 11 is 9.52. The molecule has 1 aromatic carbocycles. The molecule has 4 rings (SSSR count). The van der Waals surface area contributed by atoms with Crippen LogP contribution in [0.15, 0.2) is 29.3 Å². The molecule has 0 spiro atoms. The third kappa shape index (κ3) is 3.14. The zero-order valence-corrected chi connectivity index (χ0v) is 16.9. The van der Waals surface area contributed by atoms with Crippen molar-refractivity contribution in [2.75, 3.05) is 18.1 Å².